The first-order valence-corrected chi connectivity index (χ1v) is 12.5. The van der Waals surface area contributed by atoms with Gasteiger partial charge >= 0.3 is 5.97 Å². The number of rotatable bonds is 21. The van der Waals surface area contributed by atoms with Gasteiger partial charge in [0.2, 0.25) is 0 Å². The summed E-state index contributed by atoms with van der Waals surface area (Å²) in [7, 11) is 0. The molecule has 0 saturated carbocycles. The first kappa shape index (κ1) is 27.4. The third-order valence-corrected chi connectivity index (χ3v) is 5.38. The second-order valence-electron chi connectivity index (χ2n) is 8.23. The average molecular weight is 436 g/mol. The zero-order valence-electron chi connectivity index (χ0n) is 19.7. The molecule has 5 nitrogen and oxygen atoms in total. The lowest BCUT2D eigenvalue weighted by Gasteiger charge is -2.08. The van der Waals surface area contributed by atoms with Gasteiger partial charge in [-0.2, -0.15) is 0 Å². The van der Waals surface area contributed by atoms with Gasteiger partial charge < -0.3 is 19.9 Å². The molecule has 0 saturated heterocycles. The molecule has 1 aromatic carbocycles. The summed E-state index contributed by atoms with van der Waals surface area (Å²) >= 11 is 0. The molecule has 0 bridgehead atoms. The van der Waals surface area contributed by atoms with Gasteiger partial charge in [-0.25, -0.2) is 4.79 Å². The Morgan fingerprint density at radius 2 is 1.35 bits per heavy atom. The van der Waals surface area contributed by atoms with E-state index in [1.54, 1.807) is 12.1 Å². The minimum absolute atomic E-state index is 0.183. The summed E-state index contributed by atoms with van der Waals surface area (Å²) in [6.07, 6.45) is 15.8. The Bertz CT molecular complexity index is 533. The number of aliphatic hydroxyl groups is 1. The fourth-order valence-electron chi connectivity index (χ4n) is 3.45. The number of benzene rings is 1. The maximum absolute atomic E-state index is 12.1. The molecule has 1 aromatic rings. The van der Waals surface area contributed by atoms with E-state index in [2.05, 4.69) is 12.2 Å². The van der Waals surface area contributed by atoms with Crippen molar-refractivity contribution in [3.8, 4) is 5.75 Å². The normalized spacial score (nSPS) is 10.9. The molecule has 0 radical (unpaired) electrons. The summed E-state index contributed by atoms with van der Waals surface area (Å²) in [5, 5.41) is 11.8. The van der Waals surface area contributed by atoms with Gasteiger partial charge in [-0.15, -0.1) is 0 Å². The van der Waals surface area contributed by atoms with Crippen LogP contribution in [0.4, 0.5) is 0 Å². The quantitative estimate of drug-likeness (QED) is 0.186. The lowest BCUT2D eigenvalue weighted by atomic mass is 10.1. The second-order valence-corrected chi connectivity index (χ2v) is 8.23. The van der Waals surface area contributed by atoms with Crippen LogP contribution in [0.25, 0.3) is 0 Å². The molecule has 5 heteroatoms. The van der Waals surface area contributed by atoms with Crippen molar-refractivity contribution in [1.82, 2.24) is 5.32 Å². The Hall–Kier alpha value is -1.59. The van der Waals surface area contributed by atoms with E-state index in [-0.39, 0.29) is 12.6 Å². The highest BCUT2D eigenvalue weighted by atomic mass is 16.5. The molecular weight excluding hydrogens is 390 g/mol. The van der Waals surface area contributed by atoms with Crippen molar-refractivity contribution < 1.29 is 19.4 Å². The van der Waals surface area contributed by atoms with Gasteiger partial charge in [0, 0.05) is 6.54 Å². The predicted octanol–water partition coefficient (Wildman–Crippen LogP) is 5.90. The number of hydrogen-bond acceptors (Lipinski definition) is 5. The van der Waals surface area contributed by atoms with Crippen LogP contribution in [-0.4, -0.2) is 44.0 Å². The van der Waals surface area contributed by atoms with Crippen LogP contribution in [0.3, 0.4) is 0 Å². The molecule has 0 atom stereocenters. The Morgan fingerprint density at radius 1 is 0.774 bits per heavy atom. The Kier molecular flexibility index (Phi) is 18.0. The Labute approximate surface area is 189 Å². The van der Waals surface area contributed by atoms with Crippen LogP contribution in [0.15, 0.2) is 24.3 Å². The number of unbranched alkanes of at least 4 members (excludes halogenated alkanes) is 11. The van der Waals surface area contributed by atoms with E-state index in [0.717, 1.165) is 51.0 Å². The molecule has 0 amide bonds. The molecule has 0 aliphatic carbocycles. The van der Waals surface area contributed by atoms with E-state index in [0.29, 0.717) is 18.7 Å². The monoisotopic (exact) mass is 435 g/mol. The Balaban J connectivity index is 2.01. The number of ether oxygens (including phenoxy) is 2. The highest BCUT2D eigenvalue weighted by molar-refractivity contribution is 5.89. The van der Waals surface area contributed by atoms with Gasteiger partial charge in [0.05, 0.1) is 25.4 Å². The minimum Gasteiger partial charge on any atom is -0.494 e. The van der Waals surface area contributed by atoms with Crippen molar-refractivity contribution in [1.29, 1.82) is 0 Å². The van der Waals surface area contributed by atoms with Gasteiger partial charge in [0.1, 0.15) is 5.75 Å². The average Bonchev–Trinajstić information content (AvgIpc) is 2.79. The SMILES string of the molecule is CCCCCCCCCCCOc1ccc(C(=O)OCCCCCCNCCO)cc1. The Morgan fingerprint density at radius 3 is 2.00 bits per heavy atom. The van der Waals surface area contributed by atoms with E-state index >= 15 is 0 Å². The number of nitrogens with one attached hydrogen (secondary N) is 1. The van der Waals surface area contributed by atoms with Gasteiger partial charge in [0.15, 0.2) is 0 Å². The van der Waals surface area contributed by atoms with Crippen LogP contribution < -0.4 is 10.1 Å². The lowest BCUT2D eigenvalue weighted by molar-refractivity contribution is 0.0497. The number of hydrogen-bond donors (Lipinski definition) is 2. The van der Waals surface area contributed by atoms with Gasteiger partial charge in [-0.3, -0.25) is 0 Å². The molecule has 0 spiro atoms. The first-order valence-electron chi connectivity index (χ1n) is 12.5. The van der Waals surface area contributed by atoms with Crippen molar-refractivity contribution in [3.05, 3.63) is 29.8 Å². The molecule has 0 fully saturated rings. The molecule has 2 N–H and O–H groups in total. The molecular formula is C26H45NO4. The van der Waals surface area contributed by atoms with Crippen molar-refractivity contribution in [2.75, 3.05) is 32.9 Å². The van der Waals surface area contributed by atoms with Crippen LogP contribution >= 0.6 is 0 Å². The number of esters is 1. The van der Waals surface area contributed by atoms with Gasteiger partial charge in [0.25, 0.3) is 0 Å². The molecule has 0 heterocycles. The molecule has 31 heavy (non-hydrogen) atoms. The molecule has 0 unspecified atom stereocenters. The van der Waals surface area contributed by atoms with Crippen LogP contribution in [0, 0.1) is 0 Å². The lowest BCUT2D eigenvalue weighted by Crippen LogP contribution is -2.19. The summed E-state index contributed by atoms with van der Waals surface area (Å²) < 4.78 is 11.1. The van der Waals surface area contributed by atoms with Crippen LogP contribution in [0.5, 0.6) is 5.75 Å². The van der Waals surface area contributed by atoms with Gasteiger partial charge in [-0.05, 0) is 50.1 Å². The molecule has 0 aromatic heterocycles. The van der Waals surface area contributed by atoms with Crippen LogP contribution in [0.2, 0.25) is 0 Å². The number of carbonyl (C=O) groups excluding carboxylic acids is 1. The molecule has 178 valence electrons. The molecule has 1 rings (SSSR count). The van der Waals surface area contributed by atoms with Crippen molar-refractivity contribution in [3.63, 3.8) is 0 Å². The number of carbonyl (C=O) groups is 1. The van der Waals surface area contributed by atoms with Crippen LogP contribution in [0.1, 0.15) is 101 Å². The summed E-state index contributed by atoms with van der Waals surface area (Å²) in [6.45, 7) is 5.21. The standard InChI is InChI=1S/C26H45NO4/c1-2-3-4-5-6-7-8-10-13-22-30-25-17-15-24(16-18-25)26(29)31-23-14-11-9-12-19-27-20-21-28/h15-18,27-28H,2-14,19-23H2,1H3. The third kappa shape index (κ3) is 15.8. The fourth-order valence-corrected chi connectivity index (χ4v) is 3.45. The topological polar surface area (TPSA) is 67.8 Å². The smallest absolute Gasteiger partial charge is 0.338 e. The zero-order valence-corrected chi connectivity index (χ0v) is 19.7. The minimum atomic E-state index is -0.268. The summed E-state index contributed by atoms with van der Waals surface area (Å²) in [6, 6.07) is 7.26. The van der Waals surface area contributed by atoms with Crippen molar-refractivity contribution in [2.45, 2.75) is 90.4 Å². The molecule has 0 aliphatic heterocycles. The maximum Gasteiger partial charge on any atom is 0.338 e. The first-order chi connectivity index (χ1) is 15.3. The second kappa shape index (κ2) is 20.3. The third-order valence-electron chi connectivity index (χ3n) is 5.38. The van der Waals surface area contributed by atoms with E-state index in [9.17, 15) is 4.79 Å². The highest BCUT2D eigenvalue weighted by Gasteiger charge is 2.07. The zero-order chi connectivity index (χ0) is 22.4. The highest BCUT2D eigenvalue weighted by Crippen LogP contribution is 2.15. The summed E-state index contributed by atoms with van der Waals surface area (Å²) in [5.41, 5.74) is 0.573. The van der Waals surface area contributed by atoms with Crippen molar-refractivity contribution >= 4 is 5.97 Å². The fraction of sp³-hybridized carbons (Fsp3) is 0.731. The summed E-state index contributed by atoms with van der Waals surface area (Å²) in [5.74, 6) is 0.543. The van der Waals surface area contributed by atoms with E-state index in [4.69, 9.17) is 14.6 Å². The number of aliphatic hydroxyl groups excluding tert-OH is 1. The summed E-state index contributed by atoms with van der Waals surface area (Å²) in [4.78, 5) is 12.1. The van der Waals surface area contributed by atoms with E-state index < -0.39 is 0 Å². The predicted molar refractivity (Wildman–Crippen MR) is 128 cm³/mol. The molecule has 0 aliphatic rings. The van der Waals surface area contributed by atoms with Crippen LogP contribution in [-0.2, 0) is 4.74 Å². The van der Waals surface area contributed by atoms with Crippen molar-refractivity contribution in [2.24, 2.45) is 0 Å². The van der Waals surface area contributed by atoms with E-state index in [1.807, 2.05) is 12.1 Å². The van der Waals surface area contributed by atoms with E-state index in [1.165, 1.54) is 51.4 Å². The maximum atomic E-state index is 12.1. The van der Waals surface area contributed by atoms with Gasteiger partial charge in [-0.1, -0.05) is 71.1 Å². The largest absolute Gasteiger partial charge is 0.494 e.